The zero-order valence-electron chi connectivity index (χ0n) is 13.1. The van der Waals surface area contributed by atoms with Crippen LogP contribution in [0.4, 0.5) is 8.78 Å². The Bertz CT molecular complexity index is 647. The van der Waals surface area contributed by atoms with Crippen molar-refractivity contribution in [2.24, 2.45) is 11.1 Å². The van der Waals surface area contributed by atoms with Crippen LogP contribution in [0.1, 0.15) is 18.4 Å². The van der Waals surface area contributed by atoms with E-state index in [2.05, 4.69) is 0 Å². The smallest absolute Gasteiger partial charge is 0.276 e. The van der Waals surface area contributed by atoms with E-state index in [-0.39, 0.29) is 38.4 Å². The Morgan fingerprint density at radius 2 is 1.83 bits per heavy atom. The lowest BCUT2D eigenvalue weighted by Crippen LogP contribution is -2.46. The van der Waals surface area contributed by atoms with Crippen molar-refractivity contribution < 1.29 is 22.0 Å². The van der Waals surface area contributed by atoms with Crippen LogP contribution in [0, 0.1) is 5.92 Å². The first-order chi connectivity index (χ1) is 11.3. The van der Waals surface area contributed by atoms with Gasteiger partial charge >= 0.3 is 0 Å². The van der Waals surface area contributed by atoms with Crippen LogP contribution in [0.15, 0.2) is 30.3 Å². The lowest BCUT2D eigenvalue weighted by Gasteiger charge is -2.32. The van der Waals surface area contributed by atoms with E-state index in [9.17, 15) is 22.0 Å². The average molecular weight is 361 g/mol. The van der Waals surface area contributed by atoms with Gasteiger partial charge in [-0.15, -0.1) is 0 Å². The number of carbonyl (C=O) groups excluding carboxylic acids is 1. The van der Waals surface area contributed by atoms with Gasteiger partial charge in [0.25, 0.3) is 16.6 Å². The van der Waals surface area contributed by atoms with Gasteiger partial charge < -0.3 is 4.90 Å². The van der Waals surface area contributed by atoms with Crippen molar-refractivity contribution in [1.29, 1.82) is 0 Å². The van der Waals surface area contributed by atoms with Crippen LogP contribution < -0.4 is 5.14 Å². The summed E-state index contributed by atoms with van der Waals surface area (Å²) in [6.45, 7) is -0.269. The molecule has 0 spiro atoms. The number of nitrogens with zero attached hydrogens (tertiary/aromatic N) is 2. The number of halogens is 2. The van der Waals surface area contributed by atoms with Gasteiger partial charge in [-0.1, -0.05) is 30.3 Å². The molecule has 9 heteroatoms. The number of benzene rings is 1. The summed E-state index contributed by atoms with van der Waals surface area (Å²) in [7, 11) is -3.77. The molecule has 0 saturated carbocycles. The molecule has 134 valence electrons. The molecule has 2 rings (SSSR count). The minimum Gasteiger partial charge on any atom is -0.332 e. The third-order valence-electron chi connectivity index (χ3n) is 4.05. The molecule has 1 saturated heterocycles. The van der Waals surface area contributed by atoms with E-state index in [0.29, 0.717) is 0 Å². The molecule has 1 heterocycles. The maximum absolute atomic E-state index is 12.8. The highest BCUT2D eigenvalue weighted by Gasteiger charge is 2.32. The molecule has 1 amide bonds. The molecule has 1 aromatic carbocycles. The molecular formula is C15H21F2N3O3S. The number of rotatable bonds is 6. The van der Waals surface area contributed by atoms with Crippen molar-refractivity contribution in [3.05, 3.63) is 35.9 Å². The number of amides is 1. The summed E-state index contributed by atoms with van der Waals surface area (Å²) in [6.07, 6.45) is -2.06. The summed E-state index contributed by atoms with van der Waals surface area (Å²) in [5, 5.41) is 5.06. The SMILES string of the molecule is NS(=O)(=O)N1CCC(C(=O)N(Cc2ccccc2)CC(F)F)CC1. The van der Waals surface area contributed by atoms with Gasteiger partial charge in [0.1, 0.15) is 0 Å². The largest absolute Gasteiger partial charge is 0.332 e. The Balaban J connectivity index is 2.03. The summed E-state index contributed by atoms with van der Waals surface area (Å²) in [5.74, 6) is -0.835. The molecular weight excluding hydrogens is 340 g/mol. The van der Waals surface area contributed by atoms with Gasteiger partial charge in [-0.25, -0.2) is 13.9 Å². The predicted octanol–water partition coefficient (Wildman–Crippen LogP) is 1.20. The normalized spacial score (nSPS) is 17.2. The lowest BCUT2D eigenvalue weighted by atomic mass is 9.96. The molecule has 1 aromatic rings. The van der Waals surface area contributed by atoms with Gasteiger partial charge in [-0.3, -0.25) is 4.79 Å². The van der Waals surface area contributed by atoms with Gasteiger partial charge in [0.05, 0.1) is 6.54 Å². The standard InChI is InChI=1S/C15H21F2N3O3S/c16-14(17)11-19(10-12-4-2-1-3-5-12)15(21)13-6-8-20(9-7-13)24(18,22)23/h1-5,13-14H,6-11H2,(H2,18,22,23). The van der Waals surface area contributed by atoms with Crippen LogP contribution in [-0.4, -0.2) is 49.6 Å². The topological polar surface area (TPSA) is 83.7 Å². The van der Waals surface area contributed by atoms with Gasteiger partial charge in [-0.05, 0) is 18.4 Å². The van der Waals surface area contributed by atoms with Crippen LogP contribution >= 0.6 is 0 Å². The fourth-order valence-corrected chi connectivity index (χ4v) is 3.54. The first-order valence-corrected chi connectivity index (χ1v) is 9.16. The van der Waals surface area contributed by atoms with Gasteiger partial charge in [0.15, 0.2) is 0 Å². The highest BCUT2D eigenvalue weighted by atomic mass is 32.2. The van der Waals surface area contributed by atoms with Crippen molar-refractivity contribution >= 4 is 16.1 Å². The third-order valence-corrected chi connectivity index (χ3v) is 5.13. The molecule has 1 aliphatic heterocycles. The Kier molecular flexibility index (Phi) is 6.25. The molecule has 0 aromatic heterocycles. The van der Waals surface area contributed by atoms with Crippen LogP contribution in [0.25, 0.3) is 0 Å². The van der Waals surface area contributed by atoms with Crippen molar-refractivity contribution in [1.82, 2.24) is 9.21 Å². The monoisotopic (exact) mass is 361 g/mol. The Morgan fingerprint density at radius 3 is 2.33 bits per heavy atom. The van der Waals surface area contributed by atoms with Gasteiger partial charge in [-0.2, -0.15) is 12.7 Å². The molecule has 1 fully saturated rings. The maximum atomic E-state index is 12.8. The molecule has 1 aliphatic rings. The second kappa shape index (κ2) is 8.00. The minimum atomic E-state index is -3.77. The zero-order chi connectivity index (χ0) is 17.7. The second-order valence-electron chi connectivity index (χ2n) is 5.81. The van der Waals surface area contributed by atoms with E-state index in [1.165, 1.54) is 0 Å². The van der Waals surface area contributed by atoms with Crippen molar-refractivity contribution in [3.8, 4) is 0 Å². The van der Waals surface area contributed by atoms with E-state index in [1.807, 2.05) is 6.07 Å². The molecule has 2 N–H and O–H groups in total. The van der Waals surface area contributed by atoms with Crippen molar-refractivity contribution in [2.45, 2.75) is 25.8 Å². The van der Waals surface area contributed by atoms with Gasteiger partial charge in [0, 0.05) is 25.6 Å². The Hall–Kier alpha value is -1.58. The molecule has 0 aliphatic carbocycles. The average Bonchev–Trinajstić information content (AvgIpc) is 2.53. The molecule has 0 bridgehead atoms. The third kappa shape index (κ3) is 5.22. The molecule has 0 radical (unpaired) electrons. The lowest BCUT2D eigenvalue weighted by molar-refractivity contribution is -0.139. The molecule has 24 heavy (non-hydrogen) atoms. The van der Waals surface area contributed by atoms with Crippen LogP contribution in [0.5, 0.6) is 0 Å². The van der Waals surface area contributed by atoms with Crippen LogP contribution in [0.3, 0.4) is 0 Å². The Labute approximate surface area is 140 Å². The van der Waals surface area contributed by atoms with E-state index in [4.69, 9.17) is 5.14 Å². The summed E-state index contributed by atoms with van der Waals surface area (Å²) >= 11 is 0. The van der Waals surface area contributed by atoms with E-state index < -0.39 is 29.1 Å². The highest BCUT2D eigenvalue weighted by Crippen LogP contribution is 2.22. The molecule has 0 unspecified atom stereocenters. The fourth-order valence-electron chi connectivity index (χ4n) is 2.82. The zero-order valence-corrected chi connectivity index (χ0v) is 14.0. The van der Waals surface area contributed by atoms with Crippen molar-refractivity contribution in [3.63, 3.8) is 0 Å². The number of nitrogens with two attached hydrogens (primary N) is 1. The summed E-state index contributed by atoms with van der Waals surface area (Å²) < 4.78 is 49.4. The summed E-state index contributed by atoms with van der Waals surface area (Å²) in [6, 6.07) is 8.92. The quantitative estimate of drug-likeness (QED) is 0.826. The van der Waals surface area contributed by atoms with Crippen LogP contribution in [0.2, 0.25) is 0 Å². The predicted molar refractivity (Wildman–Crippen MR) is 85.3 cm³/mol. The number of hydrogen-bond acceptors (Lipinski definition) is 3. The number of alkyl halides is 2. The summed E-state index contributed by atoms with van der Waals surface area (Å²) in [5.41, 5.74) is 0.772. The fraction of sp³-hybridized carbons (Fsp3) is 0.533. The first kappa shape index (κ1) is 18.8. The van der Waals surface area contributed by atoms with E-state index in [0.717, 1.165) is 14.8 Å². The van der Waals surface area contributed by atoms with Gasteiger partial charge in [0.2, 0.25) is 5.91 Å². The number of carbonyl (C=O) groups is 1. The first-order valence-electron chi connectivity index (χ1n) is 7.66. The minimum absolute atomic E-state index is 0.111. The number of hydrogen-bond donors (Lipinski definition) is 1. The second-order valence-corrected chi connectivity index (χ2v) is 7.36. The van der Waals surface area contributed by atoms with Crippen molar-refractivity contribution in [2.75, 3.05) is 19.6 Å². The van der Waals surface area contributed by atoms with E-state index >= 15 is 0 Å². The van der Waals surface area contributed by atoms with E-state index in [1.54, 1.807) is 24.3 Å². The van der Waals surface area contributed by atoms with Crippen LogP contribution in [-0.2, 0) is 21.5 Å². The Morgan fingerprint density at radius 1 is 1.25 bits per heavy atom. The highest BCUT2D eigenvalue weighted by molar-refractivity contribution is 7.86. The summed E-state index contributed by atoms with van der Waals surface area (Å²) in [4.78, 5) is 13.7. The molecule has 0 atom stereocenters. The molecule has 6 nitrogen and oxygen atoms in total. The maximum Gasteiger partial charge on any atom is 0.276 e. The number of piperidine rings is 1.